The third kappa shape index (κ3) is 3.54. The van der Waals surface area contributed by atoms with Crippen molar-refractivity contribution in [1.29, 1.82) is 0 Å². The molecule has 2 aromatic heterocycles. The third-order valence-corrected chi connectivity index (χ3v) is 4.46. The van der Waals surface area contributed by atoms with Crippen molar-refractivity contribution in [3.63, 3.8) is 0 Å². The van der Waals surface area contributed by atoms with Crippen molar-refractivity contribution in [1.82, 2.24) is 4.98 Å². The number of aromatic nitrogens is 1. The second-order valence-electron chi connectivity index (χ2n) is 7.38. The first-order valence-electron chi connectivity index (χ1n) is 8.16. The van der Waals surface area contributed by atoms with E-state index in [9.17, 15) is 27.6 Å². The summed E-state index contributed by atoms with van der Waals surface area (Å²) in [7, 11) is 0. The summed E-state index contributed by atoms with van der Waals surface area (Å²) < 4.78 is 44.0. The van der Waals surface area contributed by atoms with E-state index in [1.807, 2.05) is 18.8 Å². The molecule has 144 valence electrons. The summed E-state index contributed by atoms with van der Waals surface area (Å²) in [6.45, 7) is 5.32. The highest BCUT2D eigenvalue weighted by molar-refractivity contribution is 6.07. The summed E-state index contributed by atoms with van der Waals surface area (Å²) in [5, 5.41) is 2.14. The van der Waals surface area contributed by atoms with Gasteiger partial charge in [-0.25, -0.2) is 0 Å². The highest BCUT2D eigenvalue weighted by atomic mass is 19.4. The molecule has 27 heavy (non-hydrogen) atoms. The first-order valence-corrected chi connectivity index (χ1v) is 8.16. The van der Waals surface area contributed by atoms with Crippen LogP contribution < -0.4 is 10.9 Å². The number of aromatic amines is 1. The zero-order valence-electron chi connectivity index (χ0n) is 14.8. The maximum Gasteiger partial charge on any atom is 0.417 e. The van der Waals surface area contributed by atoms with Crippen LogP contribution in [0.15, 0.2) is 21.5 Å². The molecule has 0 bridgehead atoms. The largest absolute Gasteiger partial charge is 0.455 e. The lowest BCUT2D eigenvalue weighted by Crippen LogP contribution is -2.26. The van der Waals surface area contributed by atoms with E-state index in [1.165, 1.54) is 6.92 Å². The molecule has 0 spiro atoms. The summed E-state index contributed by atoms with van der Waals surface area (Å²) in [6, 6.07) is 0.545. The fourth-order valence-electron chi connectivity index (χ4n) is 3.22. The Balaban J connectivity index is 1.95. The summed E-state index contributed by atoms with van der Waals surface area (Å²) in [5.41, 5.74) is -2.23. The second-order valence-corrected chi connectivity index (χ2v) is 7.38. The van der Waals surface area contributed by atoms with Gasteiger partial charge in [-0.2, -0.15) is 13.2 Å². The van der Waals surface area contributed by atoms with Crippen LogP contribution in [0.25, 0.3) is 0 Å². The van der Waals surface area contributed by atoms with E-state index >= 15 is 0 Å². The molecule has 0 fully saturated rings. The summed E-state index contributed by atoms with van der Waals surface area (Å²) in [6.07, 6.45) is -3.40. The molecule has 0 saturated carbocycles. The second kappa shape index (κ2) is 6.11. The van der Waals surface area contributed by atoms with Gasteiger partial charge in [-0.3, -0.25) is 14.4 Å². The van der Waals surface area contributed by atoms with Crippen LogP contribution in [0.5, 0.6) is 0 Å². The van der Waals surface area contributed by atoms with Crippen LogP contribution in [0.2, 0.25) is 0 Å². The molecule has 1 aliphatic carbocycles. The Bertz CT molecular complexity index is 999. The summed E-state index contributed by atoms with van der Waals surface area (Å²) in [4.78, 5) is 38.5. The van der Waals surface area contributed by atoms with Crippen molar-refractivity contribution >= 4 is 17.4 Å². The summed E-state index contributed by atoms with van der Waals surface area (Å²) >= 11 is 0. The molecule has 0 atom stereocenters. The molecule has 1 aliphatic rings. The Labute approximate surface area is 151 Å². The molecule has 0 saturated heterocycles. The monoisotopic (exact) mass is 382 g/mol. The predicted octanol–water partition coefficient (Wildman–Crippen LogP) is 3.70. The van der Waals surface area contributed by atoms with Crippen molar-refractivity contribution in [2.75, 3.05) is 5.32 Å². The number of hydrogen-bond donors (Lipinski definition) is 2. The van der Waals surface area contributed by atoms with E-state index in [0.717, 1.165) is 0 Å². The number of ketones is 1. The van der Waals surface area contributed by atoms with Gasteiger partial charge in [0.05, 0.1) is 11.1 Å². The van der Waals surface area contributed by atoms with Crippen LogP contribution in [0, 0.1) is 12.3 Å². The number of halogens is 3. The fraction of sp³-hybridized carbons (Fsp3) is 0.389. The predicted molar refractivity (Wildman–Crippen MR) is 89.9 cm³/mol. The number of hydrogen-bond acceptors (Lipinski definition) is 4. The standard InChI is InChI=1S/C18H17F3N2O4/c1-8-13-11(24)5-17(2,3)6-12(13)27-14(8)16(26)23-10-4-9(18(19,20)21)7-22-15(10)25/h4,7H,5-6H2,1-3H3,(H,22,25)(H,23,26). The number of Topliss-reactive ketones (excluding diaryl/α,β-unsaturated/α-hetero) is 1. The number of rotatable bonds is 2. The number of carbonyl (C=O) groups excluding carboxylic acids is 2. The number of furan rings is 1. The molecule has 2 aromatic rings. The van der Waals surface area contributed by atoms with Crippen molar-refractivity contribution in [2.24, 2.45) is 5.41 Å². The third-order valence-electron chi connectivity index (χ3n) is 4.46. The number of fused-ring (bicyclic) bond motifs is 1. The number of pyridine rings is 1. The zero-order chi connectivity index (χ0) is 20.1. The SMILES string of the molecule is Cc1c(C(=O)Nc2cc(C(F)(F)F)c[nH]c2=O)oc2c1C(=O)CC(C)(C)C2. The number of nitrogens with one attached hydrogen (secondary N) is 2. The smallest absolute Gasteiger partial charge is 0.417 e. The molecule has 2 heterocycles. The van der Waals surface area contributed by atoms with Crippen molar-refractivity contribution < 1.29 is 27.2 Å². The maximum absolute atomic E-state index is 12.8. The van der Waals surface area contributed by atoms with Gasteiger partial charge in [-0.1, -0.05) is 13.8 Å². The average Bonchev–Trinajstić information content (AvgIpc) is 2.83. The van der Waals surface area contributed by atoms with Crippen LogP contribution in [0.3, 0.4) is 0 Å². The van der Waals surface area contributed by atoms with Gasteiger partial charge in [0.1, 0.15) is 11.4 Å². The number of alkyl halides is 3. The van der Waals surface area contributed by atoms with E-state index in [1.54, 1.807) is 0 Å². The minimum atomic E-state index is -4.68. The molecule has 0 aromatic carbocycles. The number of carbonyl (C=O) groups is 2. The number of anilines is 1. The van der Waals surface area contributed by atoms with Crippen LogP contribution >= 0.6 is 0 Å². The minimum absolute atomic E-state index is 0.154. The normalized spacial score (nSPS) is 16.1. The van der Waals surface area contributed by atoms with Gasteiger partial charge in [0.25, 0.3) is 11.5 Å². The van der Waals surface area contributed by atoms with Crippen molar-refractivity contribution in [2.45, 2.75) is 39.8 Å². The zero-order valence-corrected chi connectivity index (χ0v) is 14.8. The Morgan fingerprint density at radius 3 is 2.56 bits per heavy atom. The number of H-pyrrole nitrogens is 1. The van der Waals surface area contributed by atoms with Gasteiger partial charge in [0.15, 0.2) is 11.5 Å². The van der Waals surface area contributed by atoms with Crippen LogP contribution in [-0.2, 0) is 12.6 Å². The number of amides is 1. The highest BCUT2D eigenvalue weighted by Crippen LogP contribution is 2.38. The highest BCUT2D eigenvalue weighted by Gasteiger charge is 2.37. The molecular formula is C18H17F3N2O4. The van der Waals surface area contributed by atoms with Gasteiger partial charge < -0.3 is 14.7 Å². The molecule has 3 rings (SSSR count). The molecule has 0 radical (unpaired) electrons. The van der Waals surface area contributed by atoms with E-state index in [4.69, 9.17) is 4.42 Å². The van der Waals surface area contributed by atoms with Gasteiger partial charge in [0.2, 0.25) is 0 Å². The molecule has 0 unspecified atom stereocenters. The van der Waals surface area contributed by atoms with Gasteiger partial charge in [-0.15, -0.1) is 0 Å². The van der Waals surface area contributed by atoms with Crippen LogP contribution in [-0.4, -0.2) is 16.7 Å². The maximum atomic E-state index is 12.8. The van der Waals surface area contributed by atoms with E-state index < -0.39 is 28.9 Å². The molecular weight excluding hydrogens is 365 g/mol. The molecule has 9 heteroatoms. The fourth-order valence-corrected chi connectivity index (χ4v) is 3.22. The first-order chi connectivity index (χ1) is 12.4. The van der Waals surface area contributed by atoms with Crippen molar-refractivity contribution in [3.8, 4) is 0 Å². The van der Waals surface area contributed by atoms with Gasteiger partial charge in [-0.05, 0) is 18.4 Å². The minimum Gasteiger partial charge on any atom is -0.455 e. The Hall–Kier alpha value is -2.84. The van der Waals surface area contributed by atoms with E-state index in [0.29, 0.717) is 42.0 Å². The van der Waals surface area contributed by atoms with Crippen molar-refractivity contribution in [3.05, 3.63) is 50.8 Å². The quantitative estimate of drug-likeness (QED) is 0.828. The topological polar surface area (TPSA) is 92.2 Å². The molecule has 1 amide bonds. The van der Waals surface area contributed by atoms with Crippen LogP contribution in [0.1, 0.15) is 58.1 Å². The average molecular weight is 382 g/mol. The lowest BCUT2D eigenvalue weighted by molar-refractivity contribution is -0.137. The lowest BCUT2D eigenvalue weighted by Gasteiger charge is -2.27. The van der Waals surface area contributed by atoms with E-state index in [-0.39, 0.29) is 17.0 Å². The molecule has 6 nitrogen and oxygen atoms in total. The van der Waals surface area contributed by atoms with E-state index in [2.05, 4.69) is 5.32 Å². The Morgan fingerprint density at radius 1 is 1.26 bits per heavy atom. The van der Waals surface area contributed by atoms with Crippen LogP contribution in [0.4, 0.5) is 18.9 Å². The van der Waals surface area contributed by atoms with Gasteiger partial charge in [0, 0.05) is 24.6 Å². The molecule has 0 aliphatic heterocycles. The Morgan fingerprint density at radius 2 is 1.93 bits per heavy atom. The summed E-state index contributed by atoms with van der Waals surface area (Å²) in [5.74, 6) is -0.865. The van der Waals surface area contributed by atoms with Gasteiger partial charge >= 0.3 is 6.18 Å². The first kappa shape index (κ1) is 18.9. The lowest BCUT2D eigenvalue weighted by atomic mass is 9.76. The Kier molecular flexibility index (Phi) is 4.28. The molecule has 2 N–H and O–H groups in total.